The Bertz CT molecular complexity index is 794. The molecule has 3 rings (SSSR count). The van der Waals surface area contributed by atoms with Gasteiger partial charge < -0.3 is 5.32 Å². The summed E-state index contributed by atoms with van der Waals surface area (Å²) >= 11 is 0. The van der Waals surface area contributed by atoms with Crippen LogP contribution in [-0.4, -0.2) is 34.8 Å². The van der Waals surface area contributed by atoms with Gasteiger partial charge in [0.1, 0.15) is 12.2 Å². The first-order valence-corrected chi connectivity index (χ1v) is 9.53. The zero-order valence-corrected chi connectivity index (χ0v) is 14.2. The molecule has 128 valence electrons. The highest BCUT2D eigenvalue weighted by Crippen LogP contribution is 2.29. The van der Waals surface area contributed by atoms with Crippen LogP contribution in [0.2, 0.25) is 0 Å². The van der Waals surface area contributed by atoms with Gasteiger partial charge in [0.15, 0.2) is 9.84 Å². The predicted octanol–water partition coefficient (Wildman–Crippen LogP) is 2.01. The van der Waals surface area contributed by atoms with Gasteiger partial charge in [-0.15, -0.1) is 0 Å². The minimum Gasteiger partial charge on any atom is -0.342 e. The third-order valence-corrected chi connectivity index (χ3v) is 6.66. The second-order valence-electron chi connectivity index (χ2n) is 6.04. The molecule has 24 heavy (non-hydrogen) atoms. The number of sulfone groups is 1. The number of rotatable bonds is 5. The number of aromatic amines is 1. The molecule has 2 aromatic rings. The van der Waals surface area contributed by atoms with E-state index in [1.807, 2.05) is 0 Å². The lowest BCUT2D eigenvalue weighted by Crippen LogP contribution is -2.27. The van der Waals surface area contributed by atoms with Gasteiger partial charge in [-0.25, -0.2) is 13.4 Å². The van der Waals surface area contributed by atoms with Gasteiger partial charge >= 0.3 is 0 Å². The molecule has 0 radical (unpaired) electrons. The zero-order valence-electron chi connectivity index (χ0n) is 13.4. The van der Waals surface area contributed by atoms with Crippen LogP contribution >= 0.6 is 0 Å². The third-order valence-electron chi connectivity index (χ3n) is 4.38. The molecule has 1 unspecified atom stereocenters. The van der Waals surface area contributed by atoms with Gasteiger partial charge in [0, 0.05) is 5.56 Å². The van der Waals surface area contributed by atoms with Crippen LogP contribution in [0.3, 0.4) is 0 Å². The maximum Gasteiger partial charge on any atom is 0.251 e. The van der Waals surface area contributed by atoms with Crippen molar-refractivity contribution in [2.24, 2.45) is 0 Å². The van der Waals surface area contributed by atoms with Gasteiger partial charge in [0.25, 0.3) is 5.91 Å². The van der Waals surface area contributed by atoms with E-state index in [9.17, 15) is 13.2 Å². The van der Waals surface area contributed by atoms with Gasteiger partial charge in [-0.3, -0.25) is 9.89 Å². The minimum absolute atomic E-state index is 0.286. The van der Waals surface area contributed by atoms with E-state index in [1.165, 1.54) is 18.5 Å². The van der Waals surface area contributed by atoms with Crippen LogP contribution in [0.4, 0.5) is 0 Å². The first-order chi connectivity index (χ1) is 11.5. The highest BCUT2D eigenvalue weighted by molar-refractivity contribution is 7.92. The second-order valence-corrected chi connectivity index (χ2v) is 8.27. The molecule has 0 saturated heterocycles. The first kappa shape index (κ1) is 16.6. The number of benzene rings is 1. The van der Waals surface area contributed by atoms with Gasteiger partial charge in [0.2, 0.25) is 0 Å². The molecular weight excluding hydrogens is 328 g/mol. The average Bonchev–Trinajstić information content (AvgIpc) is 3.28. The molecule has 1 saturated carbocycles. The van der Waals surface area contributed by atoms with E-state index >= 15 is 0 Å². The summed E-state index contributed by atoms with van der Waals surface area (Å²) in [7, 11) is -3.29. The number of carbonyl (C=O) groups excluding carboxylic acids is 1. The summed E-state index contributed by atoms with van der Waals surface area (Å²) in [4.78, 5) is 16.5. The van der Waals surface area contributed by atoms with Crippen LogP contribution in [-0.2, 0) is 9.84 Å². The molecule has 1 aromatic carbocycles. The molecule has 0 bridgehead atoms. The molecule has 1 atom stereocenters. The molecule has 1 fully saturated rings. The Labute approximate surface area is 140 Å². The summed E-state index contributed by atoms with van der Waals surface area (Å²) < 4.78 is 25.1. The van der Waals surface area contributed by atoms with E-state index in [1.54, 1.807) is 19.1 Å². The number of nitrogens with zero attached hydrogens (tertiary/aromatic N) is 2. The van der Waals surface area contributed by atoms with E-state index in [0.29, 0.717) is 11.4 Å². The third kappa shape index (κ3) is 3.33. The van der Waals surface area contributed by atoms with E-state index in [0.717, 1.165) is 25.7 Å². The summed E-state index contributed by atoms with van der Waals surface area (Å²) in [6, 6.07) is 5.81. The Hall–Kier alpha value is -2.22. The van der Waals surface area contributed by atoms with E-state index in [4.69, 9.17) is 0 Å². The van der Waals surface area contributed by atoms with Crippen LogP contribution < -0.4 is 5.32 Å². The fourth-order valence-electron chi connectivity index (χ4n) is 2.96. The normalized spacial score (nSPS) is 16.9. The lowest BCUT2D eigenvalue weighted by atomic mass is 10.2. The van der Waals surface area contributed by atoms with Crippen molar-refractivity contribution in [3.63, 3.8) is 0 Å². The SMILES string of the molecule is CC(NC(=O)c1ccc(S(=O)(=O)C2CCCC2)cc1)c1ncn[nH]1. The van der Waals surface area contributed by atoms with Gasteiger partial charge in [-0.05, 0) is 44.0 Å². The monoisotopic (exact) mass is 348 g/mol. The summed E-state index contributed by atoms with van der Waals surface area (Å²) in [5.41, 5.74) is 0.409. The molecule has 8 heteroatoms. The summed E-state index contributed by atoms with van der Waals surface area (Å²) in [6.45, 7) is 1.79. The molecule has 1 aliphatic carbocycles. The number of nitrogens with one attached hydrogen (secondary N) is 2. The topological polar surface area (TPSA) is 105 Å². The number of hydrogen-bond acceptors (Lipinski definition) is 5. The second kappa shape index (κ2) is 6.72. The van der Waals surface area contributed by atoms with Crippen LogP contribution in [0.15, 0.2) is 35.5 Å². The Kier molecular flexibility index (Phi) is 4.66. The molecule has 1 heterocycles. The van der Waals surface area contributed by atoms with Gasteiger partial charge in [0.05, 0.1) is 16.2 Å². The summed E-state index contributed by atoms with van der Waals surface area (Å²) in [6.07, 6.45) is 4.74. The van der Waals surface area contributed by atoms with Crippen LogP contribution in [0.1, 0.15) is 54.8 Å². The molecule has 7 nitrogen and oxygen atoms in total. The number of carbonyl (C=O) groups is 1. The first-order valence-electron chi connectivity index (χ1n) is 7.98. The number of amides is 1. The zero-order chi connectivity index (χ0) is 17.2. The van der Waals surface area contributed by atoms with Gasteiger partial charge in [-0.1, -0.05) is 12.8 Å². The maximum absolute atomic E-state index is 12.5. The Morgan fingerprint density at radius 3 is 2.50 bits per heavy atom. The summed E-state index contributed by atoms with van der Waals surface area (Å²) in [5, 5.41) is 8.95. The van der Waals surface area contributed by atoms with Crippen molar-refractivity contribution in [3.8, 4) is 0 Å². The largest absolute Gasteiger partial charge is 0.342 e. The molecule has 1 aliphatic rings. The molecular formula is C16H20N4O3S. The molecule has 1 amide bonds. The standard InChI is InChI=1S/C16H20N4O3S/c1-11(15-17-10-18-20-15)19-16(21)12-6-8-14(9-7-12)24(22,23)13-4-2-3-5-13/h6-11,13H,2-5H2,1H3,(H,19,21)(H,17,18,20). The fraction of sp³-hybridized carbons (Fsp3) is 0.438. The van der Waals surface area contributed by atoms with Gasteiger partial charge in [-0.2, -0.15) is 5.10 Å². The Morgan fingerprint density at radius 2 is 1.92 bits per heavy atom. The van der Waals surface area contributed by atoms with E-state index in [2.05, 4.69) is 20.5 Å². The van der Waals surface area contributed by atoms with Crippen LogP contribution in [0, 0.1) is 0 Å². The van der Waals surface area contributed by atoms with Crippen LogP contribution in [0.25, 0.3) is 0 Å². The van der Waals surface area contributed by atoms with Crippen molar-refractivity contribution in [1.82, 2.24) is 20.5 Å². The van der Waals surface area contributed by atoms with Crippen molar-refractivity contribution in [2.45, 2.75) is 48.8 Å². The lowest BCUT2D eigenvalue weighted by Gasteiger charge is -2.13. The molecule has 0 aliphatic heterocycles. The van der Waals surface area contributed by atoms with Crippen LogP contribution in [0.5, 0.6) is 0 Å². The number of H-pyrrole nitrogens is 1. The molecule has 2 N–H and O–H groups in total. The Balaban J connectivity index is 1.71. The predicted molar refractivity (Wildman–Crippen MR) is 88.1 cm³/mol. The smallest absolute Gasteiger partial charge is 0.251 e. The van der Waals surface area contributed by atoms with E-state index < -0.39 is 9.84 Å². The summed E-state index contributed by atoms with van der Waals surface area (Å²) in [5.74, 6) is 0.271. The number of hydrogen-bond donors (Lipinski definition) is 2. The van der Waals surface area contributed by atoms with Crippen molar-refractivity contribution in [1.29, 1.82) is 0 Å². The highest BCUT2D eigenvalue weighted by Gasteiger charge is 2.30. The van der Waals surface area contributed by atoms with Crippen molar-refractivity contribution in [3.05, 3.63) is 42.0 Å². The number of aromatic nitrogens is 3. The Morgan fingerprint density at radius 1 is 1.25 bits per heavy atom. The minimum atomic E-state index is -3.29. The van der Waals surface area contributed by atoms with Crippen molar-refractivity contribution in [2.75, 3.05) is 0 Å². The maximum atomic E-state index is 12.5. The lowest BCUT2D eigenvalue weighted by molar-refractivity contribution is 0.0938. The van der Waals surface area contributed by atoms with Crippen molar-refractivity contribution >= 4 is 15.7 Å². The van der Waals surface area contributed by atoms with E-state index in [-0.39, 0.29) is 22.1 Å². The fourth-order valence-corrected chi connectivity index (χ4v) is 4.81. The highest BCUT2D eigenvalue weighted by atomic mass is 32.2. The molecule has 0 spiro atoms. The average molecular weight is 348 g/mol. The quantitative estimate of drug-likeness (QED) is 0.860. The molecule has 1 aromatic heterocycles. The van der Waals surface area contributed by atoms with Crippen molar-refractivity contribution < 1.29 is 13.2 Å².